The number of thiazole rings is 1. The lowest BCUT2D eigenvalue weighted by atomic mass is 10.2. The zero-order valence-corrected chi connectivity index (χ0v) is 16.3. The van der Waals surface area contributed by atoms with Crippen LogP contribution in [0.1, 0.15) is 20.8 Å². The summed E-state index contributed by atoms with van der Waals surface area (Å²) < 4.78 is 6.18. The van der Waals surface area contributed by atoms with Crippen molar-refractivity contribution in [2.24, 2.45) is 0 Å². The molecule has 0 aliphatic rings. The summed E-state index contributed by atoms with van der Waals surface area (Å²) in [5.41, 5.74) is 2.03. The van der Waals surface area contributed by atoms with Crippen molar-refractivity contribution >= 4 is 38.5 Å². The maximum Gasteiger partial charge on any atom is 0.407 e. The Labute approximate surface area is 154 Å². The first-order valence-corrected chi connectivity index (χ1v) is 9.03. The van der Waals surface area contributed by atoms with Gasteiger partial charge in [0.15, 0.2) is 5.13 Å². The van der Waals surface area contributed by atoms with E-state index in [0.717, 1.165) is 20.9 Å². The molecule has 1 aromatic carbocycles. The van der Waals surface area contributed by atoms with E-state index in [9.17, 15) is 4.79 Å². The van der Waals surface area contributed by atoms with Gasteiger partial charge in [-0.1, -0.05) is 34.6 Å². The van der Waals surface area contributed by atoms with E-state index < -0.39 is 11.7 Å². The number of hydrogen-bond acceptors (Lipinski definition) is 5. The van der Waals surface area contributed by atoms with Crippen LogP contribution in [0.3, 0.4) is 0 Å². The molecule has 1 amide bonds. The number of aromatic nitrogens is 1. The Balaban J connectivity index is 1.88. The number of carbonyl (C=O) groups is 1. The standard InChI is InChI=1S/C17H20BrN3O2S/c1-11(9-19-16(22)23-17(2,3)4)20-15-21-14(10-24-15)12-6-5-7-13(18)8-12/h5-8,10H,1,9H2,2-4H3,(H,19,22)(H,20,21). The molecule has 0 bridgehead atoms. The van der Waals surface area contributed by atoms with Crippen molar-refractivity contribution in [3.8, 4) is 11.3 Å². The minimum atomic E-state index is -0.521. The van der Waals surface area contributed by atoms with Crippen molar-refractivity contribution < 1.29 is 9.53 Å². The fourth-order valence-electron chi connectivity index (χ4n) is 1.80. The molecule has 2 aromatic rings. The number of hydrogen-bond donors (Lipinski definition) is 2. The van der Waals surface area contributed by atoms with E-state index in [2.05, 4.69) is 38.1 Å². The number of anilines is 1. The molecule has 1 aromatic heterocycles. The number of halogens is 1. The highest BCUT2D eigenvalue weighted by molar-refractivity contribution is 9.10. The smallest absolute Gasteiger partial charge is 0.407 e. The maximum absolute atomic E-state index is 11.6. The van der Waals surface area contributed by atoms with Crippen molar-refractivity contribution in [2.45, 2.75) is 26.4 Å². The molecule has 1 heterocycles. The number of nitrogens with zero attached hydrogens (tertiary/aromatic N) is 1. The predicted molar refractivity (Wildman–Crippen MR) is 102 cm³/mol. The van der Waals surface area contributed by atoms with Gasteiger partial charge in [-0.25, -0.2) is 9.78 Å². The van der Waals surface area contributed by atoms with Crippen molar-refractivity contribution in [1.82, 2.24) is 10.3 Å². The van der Waals surface area contributed by atoms with E-state index in [4.69, 9.17) is 4.74 Å². The molecular formula is C17H20BrN3O2S. The average Bonchev–Trinajstić information content (AvgIpc) is 2.92. The summed E-state index contributed by atoms with van der Waals surface area (Å²) >= 11 is 4.94. The number of carbonyl (C=O) groups excluding carboxylic acids is 1. The summed E-state index contributed by atoms with van der Waals surface area (Å²) in [6, 6.07) is 7.95. The summed E-state index contributed by atoms with van der Waals surface area (Å²) in [5, 5.41) is 8.44. The Bertz CT molecular complexity index is 737. The SMILES string of the molecule is C=C(CNC(=O)OC(C)(C)C)Nc1nc(-c2cccc(Br)c2)cs1. The highest BCUT2D eigenvalue weighted by Crippen LogP contribution is 2.27. The first-order chi connectivity index (χ1) is 11.2. The van der Waals surface area contributed by atoms with Gasteiger partial charge in [-0.05, 0) is 32.9 Å². The Hall–Kier alpha value is -1.86. The van der Waals surface area contributed by atoms with Gasteiger partial charge in [-0.15, -0.1) is 11.3 Å². The molecule has 0 saturated heterocycles. The fourth-order valence-corrected chi connectivity index (χ4v) is 2.97. The third-order valence-electron chi connectivity index (χ3n) is 2.75. The van der Waals surface area contributed by atoms with Crippen molar-refractivity contribution in [1.29, 1.82) is 0 Å². The van der Waals surface area contributed by atoms with Gasteiger partial charge in [-0.2, -0.15) is 0 Å². The first-order valence-electron chi connectivity index (χ1n) is 7.36. The van der Waals surface area contributed by atoms with E-state index >= 15 is 0 Å². The summed E-state index contributed by atoms with van der Waals surface area (Å²) in [7, 11) is 0. The van der Waals surface area contributed by atoms with Crippen LogP contribution in [0.25, 0.3) is 11.3 Å². The van der Waals surface area contributed by atoms with Crippen LogP contribution in [-0.2, 0) is 4.74 Å². The van der Waals surface area contributed by atoms with E-state index in [1.807, 2.05) is 50.4 Å². The molecule has 128 valence electrons. The van der Waals surface area contributed by atoms with Crippen molar-refractivity contribution in [3.05, 3.63) is 46.4 Å². The molecule has 7 heteroatoms. The number of alkyl carbamates (subject to hydrolysis) is 1. The maximum atomic E-state index is 11.6. The number of ether oxygens (including phenoxy) is 1. The van der Waals surface area contributed by atoms with Gasteiger partial charge < -0.3 is 15.4 Å². The monoisotopic (exact) mass is 409 g/mol. The minimum Gasteiger partial charge on any atom is -0.444 e. The summed E-state index contributed by atoms with van der Waals surface area (Å²) in [6.45, 7) is 9.61. The van der Waals surface area contributed by atoms with Gasteiger partial charge in [-0.3, -0.25) is 0 Å². The molecule has 0 unspecified atom stereocenters. The molecule has 0 radical (unpaired) electrons. The van der Waals surface area contributed by atoms with Crippen LogP contribution in [0.2, 0.25) is 0 Å². The van der Waals surface area contributed by atoms with Gasteiger partial charge in [0, 0.05) is 21.1 Å². The summed E-state index contributed by atoms with van der Waals surface area (Å²) in [4.78, 5) is 16.1. The Kier molecular flexibility index (Phi) is 6.01. The summed E-state index contributed by atoms with van der Waals surface area (Å²) in [6.07, 6.45) is -0.473. The van der Waals surface area contributed by atoms with Crippen LogP contribution in [0.5, 0.6) is 0 Å². The Morgan fingerprint density at radius 3 is 2.83 bits per heavy atom. The Morgan fingerprint density at radius 1 is 1.42 bits per heavy atom. The largest absolute Gasteiger partial charge is 0.444 e. The lowest BCUT2D eigenvalue weighted by Crippen LogP contribution is -2.34. The molecular weight excluding hydrogens is 390 g/mol. The second-order valence-corrected chi connectivity index (χ2v) is 7.91. The van der Waals surface area contributed by atoms with E-state index in [-0.39, 0.29) is 6.54 Å². The number of amides is 1. The van der Waals surface area contributed by atoms with Gasteiger partial charge in [0.05, 0.1) is 12.2 Å². The zero-order chi connectivity index (χ0) is 17.7. The third-order valence-corrected chi connectivity index (χ3v) is 4.00. The van der Waals surface area contributed by atoms with Gasteiger partial charge in [0.1, 0.15) is 5.60 Å². The van der Waals surface area contributed by atoms with Crippen LogP contribution in [0.15, 0.2) is 46.4 Å². The normalized spacial score (nSPS) is 11.0. The van der Waals surface area contributed by atoms with Crippen molar-refractivity contribution in [3.63, 3.8) is 0 Å². The van der Waals surface area contributed by atoms with Crippen LogP contribution in [0.4, 0.5) is 9.93 Å². The molecule has 0 saturated carbocycles. The molecule has 2 rings (SSSR count). The average molecular weight is 410 g/mol. The first kappa shape index (κ1) is 18.5. The van der Waals surface area contributed by atoms with Crippen LogP contribution in [-0.4, -0.2) is 23.2 Å². The van der Waals surface area contributed by atoms with Gasteiger partial charge in [0.25, 0.3) is 0 Å². The topological polar surface area (TPSA) is 63.2 Å². The fraction of sp³-hybridized carbons (Fsp3) is 0.294. The highest BCUT2D eigenvalue weighted by Gasteiger charge is 2.16. The predicted octanol–water partition coefficient (Wildman–Crippen LogP) is 5.02. The molecule has 0 atom stereocenters. The van der Waals surface area contributed by atoms with E-state index in [0.29, 0.717) is 5.70 Å². The molecule has 5 nitrogen and oxygen atoms in total. The van der Waals surface area contributed by atoms with Crippen LogP contribution < -0.4 is 10.6 Å². The molecule has 0 spiro atoms. The van der Waals surface area contributed by atoms with Gasteiger partial charge in [0.2, 0.25) is 0 Å². The highest BCUT2D eigenvalue weighted by atomic mass is 79.9. The van der Waals surface area contributed by atoms with Crippen LogP contribution >= 0.6 is 27.3 Å². The molecule has 24 heavy (non-hydrogen) atoms. The lowest BCUT2D eigenvalue weighted by Gasteiger charge is -2.20. The minimum absolute atomic E-state index is 0.265. The third kappa shape index (κ3) is 5.98. The molecule has 0 aliphatic carbocycles. The molecule has 0 fully saturated rings. The van der Waals surface area contributed by atoms with E-state index in [1.54, 1.807) is 0 Å². The molecule has 0 aliphatic heterocycles. The molecule has 2 N–H and O–H groups in total. The van der Waals surface area contributed by atoms with Crippen LogP contribution in [0, 0.1) is 0 Å². The second kappa shape index (κ2) is 7.81. The van der Waals surface area contributed by atoms with Crippen molar-refractivity contribution in [2.75, 3.05) is 11.9 Å². The summed E-state index contributed by atoms with van der Waals surface area (Å²) in [5.74, 6) is 0. The van der Waals surface area contributed by atoms with E-state index in [1.165, 1.54) is 11.3 Å². The number of rotatable bonds is 5. The number of nitrogens with one attached hydrogen (secondary N) is 2. The number of benzene rings is 1. The Morgan fingerprint density at radius 2 is 2.17 bits per heavy atom. The lowest BCUT2D eigenvalue weighted by molar-refractivity contribution is 0.0533. The second-order valence-electron chi connectivity index (χ2n) is 6.13. The zero-order valence-electron chi connectivity index (χ0n) is 13.9. The quantitative estimate of drug-likeness (QED) is 0.727. The van der Waals surface area contributed by atoms with Gasteiger partial charge >= 0.3 is 6.09 Å².